The molecule has 0 unspecified atom stereocenters. The van der Waals surface area contributed by atoms with Gasteiger partial charge in [0, 0.05) is 12.4 Å². The van der Waals surface area contributed by atoms with E-state index in [1.807, 2.05) is 0 Å². The maximum absolute atomic E-state index is 10.8. The Labute approximate surface area is 72.1 Å². The SMILES string of the molecule is O=C(OI)c1ccncc1. The second-order valence-corrected chi connectivity index (χ2v) is 2.04. The van der Waals surface area contributed by atoms with Crippen LogP contribution in [0.3, 0.4) is 0 Å². The van der Waals surface area contributed by atoms with Crippen LogP contribution in [0.25, 0.3) is 0 Å². The summed E-state index contributed by atoms with van der Waals surface area (Å²) >= 11 is 1.55. The van der Waals surface area contributed by atoms with E-state index >= 15 is 0 Å². The van der Waals surface area contributed by atoms with E-state index in [9.17, 15) is 4.79 Å². The number of halogens is 1. The largest absolute Gasteiger partial charge is 0.391 e. The molecule has 0 spiro atoms. The van der Waals surface area contributed by atoms with E-state index in [1.165, 1.54) is 0 Å². The van der Waals surface area contributed by atoms with Gasteiger partial charge in [-0.1, -0.05) is 0 Å². The molecule has 1 aromatic heterocycles. The Hall–Kier alpha value is -0.650. The number of carbonyl (C=O) groups excluding carboxylic acids is 1. The summed E-state index contributed by atoms with van der Waals surface area (Å²) in [4.78, 5) is 14.5. The molecule has 10 heavy (non-hydrogen) atoms. The molecule has 1 rings (SSSR count). The monoisotopic (exact) mass is 249 g/mol. The van der Waals surface area contributed by atoms with Crippen molar-refractivity contribution >= 4 is 29.0 Å². The van der Waals surface area contributed by atoms with E-state index in [1.54, 1.807) is 47.5 Å². The van der Waals surface area contributed by atoms with Crippen molar-refractivity contribution in [2.75, 3.05) is 0 Å². The van der Waals surface area contributed by atoms with Gasteiger partial charge in [0.25, 0.3) is 0 Å². The standard InChI is InChI=1S/C6H4INO2/c7-10-6(9)5-1-3-8-4-2-5/h1-4H. The van der Waals surface area contributed by atoms with Gasteiger partial charge in [0.2, 0.25) is 0 Å². The zero-order valence-corrected chi connectivity index (χ0v) is 7.11. The number of carbonyl (C=O) groups is 1. The van der Waals surface area contributed by atoms with Crippen LogP contribution in [-0.2, 0) is 3.07 Å². The van der Waals surface area contributed by atoms with Crippen molar-refractivity contribution in [3.8, 4) is 0 Å². The molecule has 0 saturated heterocycles. The highest BCUT2D eigenvalue weighted by Crippen LogP contribution is 2.01. The fourth-order valence-electron chi connectivity index (χ4n) is 0.533. The van der Waals surface area contributed by atoms with Crippen molar-refractivity contribution in [3.05, 3.63) is 30.1 Å². The molecule has 0 fully saturated rings. The second kappa shape index (κ2) is 3.50. The van der Waals surface area contributed by atoms with Crippen LogP contribution in [0.4, 0.5) is 0 Å². The van der Waals surface area contributed by atoms with Crippen molar-refractivity contribution in [1.29, 1.82) is 0 Å². The summed E-state index contributed by atoms with van der Waals surface area (Å²) in [6.45, 7) is 0. The van der Waals surface area contributed by atoms with Crippen molar-refractivity contribution in [2.45, 2.75) is 0 Å². The highest BCUT2D eigenvalue weighted by atomic mass is 127. The highest BCUT2D eigenvalue weighted by Gasteiger charge is 2.02. The number of nitrogens with zero attached hydrogens (tertiary/aromatic N) is 1. The molecule has 3 nitrogen and oxygen atoms in total. The molecule has 0 saturated carbocycles. The zero-order valence-electron chi connectivity index (χ0n) is 4.95. The fraction of sp³-hybridized carbons (Fsp3) is 0. The topological polar surface area (TPSA) is 39.2 Å². The third-order valence-electron chi connectivity index (χ3n) is 0.986. The summed E-state index contributed by atoms with van der Waals surface area (Å²) < 4.78 is 4.44. The van der Waals surface area contributed by atoms with E-state index in [4.69, 9.17) is 0 Å². The second-order valence-electron chi connectivity index (χ2n) is 1.60. The lowest BCUT2D eigenvalue weighted by molar-refractivity contribution is 0.0800. The highest BCUT2D eigenvalue weighted by molar-refractivity contribution is 14.1. The van der Waals surface area contributed by atoms with Crippen LogP contribution in [0.15, 0.2) is 24.5 Å². The first-order valence-corrected chi connectivity index (χ1v) is 3.45. The summed E-state index contributed by atoms with van der Waals surface area (Å²) in [7, 11) is 0. The minimum Gasteiger partial charge on any atom is -0.391 e. The number of hydrogen-bond acceptors (Lipinski definition) is 3. The normalized spacial score (nSPS) is 8.90. The first-order valence-electron chi connectivity index (χ1n) is 2.57. The summed E-state index contributed by atoms with van der Waals surface area (Å²) in [5.41, 5.74) is 0.518. The van der Waals surface area contributed by atoms with Gasteiger partial charge in [-0.25, -0.2) is 4.79 Å². The summed E-state index contributed by atoms with van der Waals surface area (Å²) in [6, 6.07) is 3.20. The number of hydrogen-bond donors (Lipinski definition) is 0. The molecule has 0 aliphatic heterocycles. The molecular formula is C6H4INO2. The summed E-state index contributed by atoms with van der Waals surface area (Å²) in [6.07, 6.45) is 3.09. The Bertz CT molecular complexity index is 224. The lowest BCUT2D eigenvalue weighted by Crippen LogP contribution is -1.96. The average molecular weight is 249 g/mol. The number of aromatic nitrogens is 1. The summed E-state index contributed by atoms with van der Waals surface area (Å²) in [5, 5.41) is 0. The van der Waals surface area contributed by atoms with Crippen molar-refractivity contribution < 1.29 is 7.86 Å². The van der Waals surface area contributed by atoms with Crippen LogP contribution in [0, 0.1) is 0 Å². The van der Waals surface area contributed by atoms with Crippen LogP contribution < -0.4 is 0 Å². The van der Waals surface area contributed by atoms with Gasteiger partial charge < -0.3 is 3.07 Å². The van der Waals surface area contributed by atoms with Gasteiger partial charge in [-0.15, -0.1) is 0 Å². The number of pyridine rings is 1. The molecule has 4 heteroatoms. The van der Waals surface area contributed by atoms with Crippen LogP contribution in [0.5, 0.6) is 0 Å². The molecule has 0 aromatic carbocycles. The Balaban J connectivity index is 2.85. The van der Waals surface area contributed by atoms with Crippen LogP contribution in [-0.4, -0.2) is 11.0 Å². The molecule has 0 atom stereocenters. The molecular weight excluding hydrogens is 245 g/mol. The van der Waals surface area contributed by atoms with E-state index in [0.717, 1.165) is 0 Å². The third kappa shape index (κ3) is 1.66. The van der Waals surface area contributed by atoms with E-state index in [-0.39, 0.29) is 5.97 Å². The van der Waals surface area contributed by atoms with Gasteiger partial charge in [-0.3, -0.25) is 4.98 Å². The van der Waals surface area contributed by atoms with Crippen LogP contribution >= 0.6 is 23.0 Å². The first kappa shape index (κ1) is 7.46. The molecule has 0 aliphatic rings. The van der Waals surface area contributed by atoms with Crippen molar-refractivity contribution in [1.82, 2.24) is 4.98 Å². The molecule has 0 amide bonds. The molecule has 1 heterocycles. The molecule has 0 radical (unpaired) electrons. The van der Waals surface area contributed by atoms with Gasteiger partial charge >= 0.3 is 5.97 Å². The van der Waals surface area contributed by atoms with Crippen LogP contribution in [0.2, 0.25) is 0 Å². The van der Waals surface area contributed by atoms with E-state index in [0.29, 0.717) is 5.56 Å². The van der Waals surface area contributed by atoms with Crippen molar-refractivity contribution in [2.24, 2.45) is 0 Å². The van der Waals surface area contributed by atoms with Crippen LogP contribution in [0.1, 0.15) is 10.4 Å². The van der Waals surface area contributed by atoms with Gasteiger partial charge in [0.15, 0.2) is 23.0 Å². The quantitative estimate of drug-likeness (QED) is 0.709. The molecule has 0 N–H and O–H groups in total. The minimum absolute atomic E-state index is 0.344. The Kier molecular flexibility index (Phi) is 2.61. The molecule has 0 bridgehead atoms. The first-order chi connectivity index (χ1) is 4.84. The Morgan fingerprint density at radius 2 is 2.10 bits per heavy atom. The molecule has 1 aromatic rings. The van der Waals surface area contributed by atoms with Gasteiger partial charge in [-0.2, -0.15) is 0 Å². The summed E-state index contributed by atoms with van der Waals surface area (Å²) in [5.74, 6) is -0.344. The van der Waals surface area contributed by atoms with Gasteiger partial charge in [-0.05, 0) is 12.1 Å². The molecule has 0 aliphatic carbocycles. The lowest BCUT2D eigenvalue weighted by atomic mass is 10.3. The predicted octanol–water partition coefficient (Wildman–Crippen LogP) is 1.59. The smallest absolute Gasteiger partial charge is 0.347 e. The minimum atomic E-state index is -0.344. The van der Waals surface area contributed by atoms with E-state index < -0.39 is 0 Å². The predicted molar refractivity (Wildman–Crippen MR) is 43.7 cm³/mol. The average Bonchev–Trinajstić information content (AvgIpc) is 2.05. The Morgan fingerprint density at radius 3 is 2.60 bits per heavy atom. The third-order valence-corrected chi connectivity index (χ3v) is 1.39. The number of rotatable bonds is 1. The lowest BCUT2D eigenvalue weighted by Gasteiger charge is -1.92. The van der Waals surface area contributed by atoms with Gasteiger partial charge in [0.05, 0.1) is 5.56 Å². The fourth-order valence-corrected chi connectivity index (χ4v) is 0.787. The molecule has 52 valence electrons. The van der Waals surface area contributed by atoms with Gasteiger partial charge in [0.1, 0.15) is 0 Å². The Morgan fingerprint density at radius 1 is 1.50 bits per heavy atom. The zero-order chi connectivity index (χ0) is 7.40. The van der Waals surface area contributed by atoms with Crippen molar-refractivity contribution in [3.63, 3.8) is 0 Å². The maximum atomic E-state index is 10.8. The van der Waals surface area contributed by atoms with E-state index in [2.05, 4.69) is 8.05 Å². The maximum Gasteiger partial charge on any atom is 0.347 e.